The molecule has 1 heterocycles. The van der Waals surface area contributed by atoms with Crippen LogP contribution in [0.15, 0.2) is 24.3 Å². The fraction of sp³-hybridized carbons (Fsp3) is 0.538. The van der Waals surface area contributed by atoms with Crippen molar-refractivity contribution in [3.63, 3.8) is 0 Å². The van der Waals surface area contributed by atoms with Gasteiger partial charge in [0.1, 0.15) is 13.2 Å². The molecule has 1 atom stereocenters. The maximum absolute atomic E-state index is 10.9. The highest BCUT2D eigenvalue weighted by Gasteiger charge is 2.47. The predicted octanol–water partition coefficient (Wildman–Crippen LogP) is 2.31. The maximum atomic E-state index is 10.9. The van der Waals surface area contributed by atoms with Gasteiger partial charge in [0.2, 0.25) is 0 Å². The van der Waals surface area contributed by atoms with Crippen LogP contribution in [0.5, 0.6) is 0 Å². The van der Waals surface area contributed by atoms with Crippen LogP contribution >= 0.6 is 15.9 Å². The Morgan fingerprint density at radius 2 is 1.95 bits per heavy atom. The van der Waals surface area contributed by atoms with Crippen LogP contribution in [-0.2, 0) is 9.31 Å². The quantitative estimate of drug-likeness (QED) is 0.277. The van der Waals surface area contributed by atoms with Crippen molar-refractivity contribution in [3.05, 3.63) is 39.9 Å². The van der Waals surface area contributed by atoms with Crippen LogP contribution in [0.25, 0.3) is 0 Å². The molecule has 0 amide bonds. The molecule has 108 valence electrons. The molecule has 1 fully saturated rings. The molecule has 1 unspecified atom stereocenters. The molecular weight excluding hydrogens is 325 g/mol. The standard InChI is InChI=1S/C13H17BBrNO4/c1-3-10(2)11-4-6-12(7-5-11)14-19-8-13(15,9-20-14)16(17)18/h4-7,10H,3,8-9H2,1-2H3. The van der Waals surface area contributed by atoms with Crippen molar-refractivity contribution < 1.29 is 14.2 Å². The summed E-state index contributed by atoms with van der Waals surface area (Å²) in [6.45, 7) is 4.30. The molecule has 0 aromatic heterocycles. The van der Waals surface area contributed by atoms with E-state index in [-0.39, 0.29) is 13.2 Å². The predicted molar refractivity (Wildman–Crippen MR) is 81.1 cm³/mol. The summed E-state index contributed by atoms with van der Waals surface area (Å²) >= 11 is 3.05. The second-order valence-electron chi connectivity index (χ2n) is 5.11. The van der Waals surface area contributed by atoms with Crippen molar-refractivity contribution in [2.24, 2.45) is 0 Å². The lowest BCUT2D eigenvalue weighted by Gasteiger charge is -2.28. The van der Waals surface area contributed by atoms with Gasteiger partial charge in [-0.25, -0.2) is 0 Å². The minimum Gasteiger partial charge on any atom is -0.399 e. The molecule has 0 radical (unpaired) electrons. The first kappa shape index (κ1) is 15.5. The molecule has 0 aliphatic carbocycles. The van der Waals surface area contributed by atoms with Crippen molar-refractivity contribution >= 4 is 28.5 Å². The number of nitro groups is 1. The van der Waals surface area contributed by atoms with Gasteiger partial charge in [-0.1, -0.05) is 38.1 Å². The summed E-state index contributed by atoms with van der Waals surface area (Å²) in [5, 5.41) is 10.9. The fourth-order valence-electron chi connectivity index (χ4n) is 2.01. The van der Waals surface area contributed by atoms with Crippen LogP contribution in [0.3, 0.4) is 0 Å². The number of hydrogen-bond acceptors (Lipinski definition) is 4. The Morgan fingerprint density at radius 1 is 1.40 bits per heavy atom. The van der Waals surface area contributed by atoms with Crippen molar-refractivity contribution in [2.75, 3.05) is 13.2 Å². The highest BCUT2D eigenvalue weighted by atomic mass is 79.9. The van der Waals surface area contributed by atoms with E-state index in [9.17, 15) is 10.1 Å². The highest BCUT2D eigenvalue weighted by Crippen LogP contribution is 2.24. The third-order valence-corrected chi connectivity index (χ3v) is 4.38. The maximum Gasteiger partial charge on any atom is 0.494 e. The molecular formula is C13H17BBrNO4. The first-order valence-electron chi connectivity index (χ1n) is 6.63. The molecule has 7 heteroatoms. The molecule has 1 saturated heterocycles. The first-order valence-corrected chi connectivity index (χ1v) is 7.42. The zero-order valence-electron chi connectivity index (χ0n) is 11.5. The Morgan fingerprint density at radius 3 is 2.40 bits per heavy atom. The van der Waals surface area contributed by atoms with Crippen molar-refractivity contribution in [3.8, 4) is 0 Å². The van der Waals surface area contributed by atoms with Crippen molar-refractivity contribution in [1.29, 1.82) is 0 Å². The van der Waals surface area contributed by atoms with Crippen LogP contribution in [0.4, 0.5) is 0 Å². The first-order chi connectivity index (χ1) is 9.46. The van der Waals surface area contributed by atoms with Gasteiger partial charge in [0.25, 0.3) is 0 Å². The summed E-state index contributed by atoms with van der Waals surface area (Å²) < 4.78 is 9.58. The van der Waals surface area contributed by atoms with Gasteiger partial charge in [0.05, 0.1) is 0 Å². The monoisotopic (exact) mass is 341 g/mol. The van der Waals surface area contributed by atoms with Gasteiger partial charge < -0.3 is 9.31 Å². The molecule has 1 aromatic carbocycles. The minimum atomic E-state index is -1.33. The number of nitrogens with zero attached hydrogens (tertiary/aromatic N) is 1. The Hall–Kier alpha value is -0.915. The normalized spacial score (nSPS) is 19.6. The lowest BCUT2D eigenvalue weighted by molar-refractivity contribution is -0.543. The summed E-state index contributed by atoms with van der Waals surface area (Å²) in [5.74, 6) is 0.516. The Labute approximate surface area is 127 Å². The van der Waals surface area contributed by atoms with Gasteiger partial charge in [0.15, 0.2) is 0 Å². The molecule has 0 saturated carbocycles. The molecule has 1 aliphatic rings. The highest BCUT2D eigenvalue weighted by molar-refractivity contribution is 9.10. The van der Waals surface area contributed by atoms with Crippen LogP contribution in [0.1, 0.15) is 31.7 Å². The van der Waals surface area contributed by atoms with E-state index in [1.165, 1.54) is 5.56 Å². The molecule has 0 N–H and O–H groups in total. The Kier molecular flexibility index (Phi) is 4.83. The van der Waals surface area contributed by atoms with E-state index in [0.29, 0.717) is 5.92 Å². The second kappa shape index (κ2) is 6.24. The molecule has 0 bridgehead atoms. The molecule has 2 rings (SSSR count). The van der Waals surface area contributed by atoms with Crippen LogP contribution in [0, 0.1) is 10.1 Å². The number of alkyl halides is 1. The van der Waals surface area contributed by atoms with Gasteiger partial charge >= 0.3 is 11.6 Å². The largest absolute Gasteiger partial charge is 0.494 e. The van der Waals surface area contributed by atoms with Gasteiger partial charge in [-0.3, -0.25) is 10.1 Å². The van der Waals surface area contributed by atoms with Crippen molar-refractivity contribution in [1.82, 2.24) is 0 Å². The van der Waals surface area contributed by atoms with E-state index < -0.39 is 16.5 Å². The minimum absolute atomic E-state index is 0.0161. The SMILES string of the molecule is CCC(C)c1ccc(B2OCC(Br)([N+](=O)[O-])CO2)cc1. The number of halogens is 1. The van der Waals surface area contributed by atoms with Gasteiger partial charge in [-0.05, 0) is 23.4 Å². The van der Waals surface area contributed by atoms with Gasteiger partial charge in [-0.2, -0.15) is 0 Å². The lowest BCUT2D eigenvalue weighted by Crippen LogP contribution is -2.53. The Balaban J connectivity index is 2.02. The smallest absolute Gasteiger partial charge is 0.399 e. The van der Waals surface area contributed by atoms with E-state index >= 15 is 0 Å². The third kappa shape index (κ3) is 3.21. The number of hydrogen-bond donors (Lipinski definition) is 0. The van der Waals surface area contributed by atoms with Crippen molar-refractivity contribution in [2.45, 2.75) is 30.6 Å². The van der Waals surface area contributed by atoms with E-state index in [1.807, 2.05) is 12.1 Å². The molecule has 0 spiro atoms. The zero-order chi connectivity index (χ0) is 14.8. The van der Waals surface area contributed by atoms with Crippen LogP contribution in [0.2, 0.25) is 0 Å². The lowest BCUT2D eigenvalue weighted by atomic mass is 9.77. The van der Waals surface area contributed by atoms with Crippen LogP contribution < -0.4 is 5.46 Å². The molecule has 1 aromatic rings. The molecule has 5 nitrogen and oxygen atoms in total. The van der Waals surface area contributed by atoms with E-state index in [0.717, 1.165) is 11.9 Å². The second-order valence-corrected chi connectivity index (χ2v) is 6.58. The van der Waals surface area contributed by atoms with E-state index in [4.69, 9.17) is 9.31 Å². The summed E-state index contributed by atoms with van der Waals surface area (Å²) in [7, 11) is -0.536. The van der Waals surface area contributed by atoms with Crippen LogP contribution in [-0.4, -0.2) is 29.7 Å². The average Bonchev–Trinajstić information content (AvgIpc) is 2.47. The fourth-order valence-corrected chi connectivity index (χ4v) is 2.28. The van der Waals surface area contributed by atoms with Gasteiger partial charge in [0, 0.05) is 20.9 Å². The van der Waals surface area contributed by atoms with Gasteiger partial charge in [-0.15, -0.1) is 0 Å². The molecule has 20 heavy (non-hydrogen) atoms. The third-order valence-electron chi connectivity index (χ3n) is 3.63. The zero-order valence-corrected chi connectivity index (χ0v) is 13.1. The van der Waals surface area contributed by atoms with E-state index in [2.05, 4.69) is 41.9 Å². The Bertz CT molecular complexity index is 474. The summed E-state index contributed by atoms with van der Waals surface area (Å²) in [6.07, 6.45) is 1.09. The number of benzene rings is 1. The summed E-state index contributed by atoms with van der Waals surface area (Å²) in [5.41, 5.74) is 2.15. The van der Waals surface area contributed by atoms with E-state index in [1.54, 1.807) is 0 Å². The topological polar surface area (TPSA) is 61.6 Å². The summed E-state index contributed by atoms with van der Waals surface area (Å²) in [4.78, 5) is 10.4. The summed E-state index contributed by atoms with van der Waals surface area (Å²) in [6, 6.07) is 8.03. The number of rotatable bonds is 4. The average molecular weight is 342 g/mol. The molecule has 1 aliphatic heterocycles.